The number of methoxy groups -OCH3 is 6. The molecule has 0 unspecified atom stereocenters. The minimum atomic E-state index is -0.394. The molecule has 7 aliphatic rings. The first-order valence-electron chi connectivity index (χ1n) is 22.6. The highest BCUT2D eigenvalue weighted by atomic mass is 16.5. The molecule has 0 spiro atoms. The quantitative estimate of drug-likeness (QED) is 0.148. The monoisotopic (exact) mass is 842 g/mol. The van der Waals surface area contributed by atoms with Crippen LogP contribution in [0.3, 0.4) is 0 Å². The van der Waals surface area contributed by atoms with Crippen LogP contribution in [0.4, 0.5) is 0 Å². The van der Waals surface area contributed by atoms with Gasteiger partial charge in [-0.25, -0.2) is 0 Å². The Bertz CT molecular complexity index is 2390. The Morgan fingerprint density at radius 3 is 1.21 bits per heavy atom. The second kappa shape index (κ2) is 16.4. The van der Waals surface area contributed by atoms with Crippen LogP contribution in [0, 0.1) is 58.2 Å². The number of allylic oxidation sites excluding steroid dienone is 4. The summed E-state index contributed by atoms with van der Waals surface area (Å²) in [5.74, 6) is 21.9. The molecule has 4 bridgehead atoms. The summed E-state index contributed by atoms with van der Waals surface area (Å²) in [6.07, 6.45) is 10.2. The van der Waals surface area contributed by atoms with Crippen LogP contribution in [0.2, 0.25) is 0 Å². The Labute approximate surface area is 375 Å². The van der Waals surface area contributed by atoms with Crippen molar-refractivity contribution in [3.05, 3.63) is 118 Å². The molecule has 11 rings (SSSR count). The van der Waals surface area contributed by atoms with Crippen LogP contribution in [-0.2, 0) is 5.41 Å². The molecule has 326 valence electrons. The van der Waals surface area contributed by atoms with Gasteiger partial charge in [-0.2, -0.15) is 0 Å². The molecule has 0 aromatic heterocycles. The molecule has 6 saturated carbocycles. The summed E-state index contributed by atoms with van der Waals surface area (Å²) in [5.41, 5.74) is 10.1. The highest BCUT2D eigenvalue weighted by Crippen LogP contribution is 2.68. The Hall–Kier alpha value is -5.72. The van der Waals surface area contributed by atoms with Crippen molar-refractivity contribution in [3.8, 4) is 69.3 Å². The van der Waals surface area contributed by atoms with Gasteiger partial charge in [-0.15, -0.1) is 0 Å². The summed E-state index contributed by atoms with van der Waals surface area (Å²) in [4.78, 5) is 0. The minimum Gasteiger partial charge on any atom is -0.496 e. The first-order valence-corrected chi connectivity index (χ1v) is 22.6. The molecule has 7 aliphatic carbocycles. The van der Waals surface area contributed by atoms with Crippen LogP contribution in [0.25, 0.3) is 11.1 Å². The molecule has 63 heavy (non-hydrogen) atoms. The lowest BCUT2D eigenvalue weighted by atomic mass is 9.44. The molecule has 0 amide bonds. The van der Waals surface area contributed by atoms with E-state index in [9.17, 15) is 0 Å². The van der Waals surface area contributed by atoms with E-state index in [-0.39, 0.29) is 22.7 Å². The second-order valence-electron chi connectivity index (χ2n) is 19.5. The fourth-order valence-corrected chi connectivity index (χ4v) is 12.5. The van der Waals surface area contributed by atoms with Gasteiger partial charge in [0.15, 0.2) is 0 Å². The molecule has 0 heterocycles. The van der Waals surface area contributed by atoms with Gasteiger partial charge in [0.1, 0.15) is 34.5 Å². The lowest BCUT2D eigenvalue weighted by molar-refractivity contribution is -0.0356. The summed E-state index contributed by atoms with van der Waals surface area (Å²) < 4.78 is 35.3. The zero-order chi connectivity index (χ0) is 44.3. The van der Waals surface area contributed by atoms with Gasteiger partial charge in [0.05, 0.1) is 42.7 Å². The van der Waals surface area contributed by atoms with Crippen LogP contribution < -0.4 is 28.4 Å². The van der Waals surface area contributed by atoms with E-state index in [0.717, 1.165) is 58.5 Å². The van der Waals surface area contributed by atoms with Crippen molar-refractivity contribution in [2.75, 3.05) is 42.7 Å². The van der Waals surface area contributed by atoms with Crippen LogP contribution in [0.1, 0.15) is 100 Å². The summed E-state index contributed by atoms with van der Waals surface area (Å²) in [6, 6.07) is 25.7. The summed E-state index contributed by atoms with van der Waals surface area (Å²) in [6.45, 7) is 9.69. The van der Waals surface area contributed by atoms with Gasteiger partial charge >= 0.3 is 0 Å². The van der Waals surface area contributed by atoms with E-state index in [2.05, 4.69) is 112 Å². The predicted molar refractivity (Wildman–Crippen MR) is 251 cm³/mol. The van der Waals surface area contributed by atoms with Crippen molar-refractivity contribution < 1.29 is 28.4 Å². The summed E-state index contributed by atoms with van der Waals surface area (Å²) >= 11 is 0. The van der Waals surface area contributed by atoms with Crippen molar-refractivity contribution in [3.63, 3.8) is 0 Å². The van der Waals surface area contributed by atoms with E-state index in [1.54, 1.807) is 42.7 Å². The number of benzene rings is 4. The first kappa shape index (κ1) is 42.6. The number of rotatable bonds is 10. The van der Waals surface area contributed by atoms with E-state index in [1.807, 2.05) is 24.3 Å². The van der Waals surface area contributed by atoms with Crippen molar-refractivity contribution in [2.24, 2.45) is 34.5 Å². The summed E-state index contributed by atoms with van der Waals surface area (Å²) in [5, 5.41) is 0. The average Bonchev–Trinajstić information content (AvgIpc) is 3.59. The standard InChI is InChI=1S/C57H62O6/c1-55(2)35-27-43(53-49(60-7)31-37(58-5)32-50(53)61-8)41(47(55)29-35)21-15-17-25-57(45-23-13-11-19-39(45)40-20-12-14-24-46(40)57)26-18-16-22-42-44(28-36-30-48(42)56(36,3)4)54-51(62-9)33-38(59-6)34-52(54)63-10/h11-14,19-24,31-36,43-44,47-48H,25-30H2,1-10H3/b41-21-,42-22-/t35-,36-,43-,44-,47-,48-/m0/s1. The van der Waals surface area contributed by atoms with Gasteiger partial charge in [0.25, 0.3) is 0 Å². The topological polar surface area (TPSA) is 55.4 Å². The molecule has 0 radical (unpaired) electrons. The molecule has 6 atom stereocenters. The molecular formula is C57H62O6. The maximum absolute atomic E-state index is 6.01. The highest BCUT2D eigenvalue weighted by molar-refractivity contribution is 5.81. The second-order valence-corrected chi connectivity index (χ2v) is 19.5. The number of hydrogen-bond donors (Lipinski definition) is 0. The number of fused-ring (bicyclic) bond motifs is 7. The normalized spacial score (nSPS) is 26.0. The lowest BCUT2D eigenvalue weighted by Gasteiger charge is -2.60. The van der Waals surface area contributed by atoms with E-state index >= 15 is 0 Å². The predicted octanol–water partition coefficient (Wildman–Crippen LogP) is 12.3. The minimum absolute atomic E-state index is 0.144. The smallest absolute Gasteiger partial charge is 0.130 e. The molecule has 0 N–H and O–H groups in total. The molecule has 4 aromatic rings. The lowest BCUT2D eigenvalue weighted by Crippen LogP contribution is -2.51. The van der Waals surface area contributed by atoms with Crippen LogP contribution >= 0.6 is 0 Å². The fraction of sp³-hybridized carbons (Fsp3) is 0.439. The zero-order valence-corrected chi connectivity index (χ0v) is 38.7. The van der Waals surface area contributed by atoms with Crippen molar-refractivity contribution in [1.29, 1.82) is 0 Å². The first-order chi connectivity index (χ1) is 30.4. The molecule has 6 nitrogen and oxygen atoms in total. The third-order valence-corrected chi connectivity index (χ3v) is 16.4. The van der Waals surface area contributed by atoms with Gasteiger partial charge < -0.3 is 28.4 Å². The van der Waals surface area contributed by atoms with Gasteiger partial charge in [-0.05, 0) is 94.6 Å². The van der Waals surface area contributed by atoms with Crippen LogP contribution in [0.15, 0.2) is 96.1 Å². The molecule has 6 heteroatoms. The zero-order valence-electron chi connectivity index (χ0n) is 38.7. The van der Waals surface area contributed by atoms with E-state index in [4.69, 9.17) is 28.4 Å². The Balaban J connectivity index is 1.10. The van der Waals surface area contributed by atoms with Gasteiger partial charge in [0, 0.05) is 65.5 Å². The third kappa shape index (κ3) is 6.79. The van der Waals surface area contributed by atoms with Crippen molar-refractivity contribution >= 4 is 0 Å². The molecule has 0 saturated heterocycles. The van der Waals surface area contributed by atoms with Crippen LogP contribution in [0.5, 0.6) is 34.5 Å². The third-order valence-electron chi connectivity index (χ3n) is 16.4. The van der Waals surface area contributed by atoms with Crippen LogP contribution in [-0.4, -0.2) is 42.7 Å². The maximum atomic E-state index is 6.01. The van der Waals surface area contributed by atoms with E-state index in [1.165, 1.54) is 46.2 Å². The molecular weight excluding hydrogens is 781 g/mol. The highest BCUT2D eigenvalue weighted by Gasteiger charge is 2.57. The maximum Gasteiger partial charge on any atom is 0.130 e. The molecule has 6 fully saturated rings. The SMILES string of the molecule is COc1cc(OC)c([C@H]2C[C@H]3C[C@@H](/C2=C\C#CCC2(CC#C/C=C4/[C@@H](c5c(OC)cc(OC)cc5OC)C[C@H]5C[C@@H]4C5(C)C)c4ccccc4-c4ccccc42)C3(C)C)c(OC)c1. The van der Waals surface area contributed by atoms with E-state index in [0.29, 0.717) is 36.5 Å². The largest absolute Gasteiger partial charge is 0.496 e. The van der Waals surface area contributed by atoms with E-state index < -0.39 is 5.41 Å². The van der Waals surface area contributed by atoms with Gasteiger partial charge in [0.2, 0.25) is 0 Å². The van der Waals surface area contributed by atoms with Gasteiger partial charge in [-0.1, -0.05) is 111 Å². The molecule has 0 aliphatic heterocycles. The molecule has 4 aromatic carbocycles. The summed E-state index contributed by atoms with van der Waals surface area (Å²) in [7, 11) is 10.3. The van der Waals surface area contributed by atoms with Crippen molar-refractivity contribution in [2.45, 2.75) is 83.5 Å². The Morgan fingerprint density at radius 1 is 0.508 bits per heavy atom. The fourth-order valence-electron chi connectivity index (χ4n) is 12.5. The number of ether oxygens (including phenoxy) is 6. The average molecular weight is 843 g/mol. The Kier molecular flexibility index (Phi) is 11.1. The van der Waals surface area contributed by atoms with Crippen molar-refractivity contribution in [1.82, 2.24) is 0 Å². The Morgan fingerprint density at radius 2 is 0.873 bits per heavy atom. The number of hydrogen-bond acceptors (Lipinski definition) is 6. The van der Waals surface area contributed by atoms with Gasteiger partial charge in [-0.3, -0.25) is 0 Å².